The molecule has 0 spiro atoms. The van der Waals surface area contributed by atoms with E-state index >= 15 is 0 Å². The number of anilines is 1. The lowest BCUT2D eigenvalue weighted by Gasteiger charge is -2.31. The summed E-state index contributed by atoms with van der Waals surface area (Å²) >= 11 is 9.29. The normalized spacial score (nSPS) is 22.2. The summed E-state index contributed by atoms with van der Waals surface area (Å²) in [5, 5.41) is 0.989. The quantitative estimate of drug-likeness (QED) is 0.722. The Labute approximate surface area is 149 Å². The molecule has 0 radical (unpaired) electrons. The second-order valence-electron chi connectivity index (χ2n) is 5.53. The summed E-state index contributed by atoms with van der Waals surface area (Å²) in [5.41, 5.74) is 1.46. The zero-order chi connectivity index (χ0) is 16.2. The number of nitrogens with zero attached hydrogens (tertiary/aromatic N) is 4. The molecule has 4 rings (SSSR count). The average molecular weight is 381 g/mol. The number of hydrogen-bond donors (Lipinski definition) is 0. The third-order valence-corrected chi connectivity index (χ3v) is 11.4. The van der Waals surface area contributed by atoms with E-state index in [1.165, 1.54) is 11.4 Å². The van der Waals surface area contributed by atoms with E-state index < -0.39 is 5.54 Å². The van der Waals surface area contributed by atoms with Crippen molar-refractivity contribution in [1.82, 2.24) is 9.55 Å². The Hall–Kier alpha value is -0.750. The second kappa shape index (κ2) is 5.66. The van der Waals surface area contributed by atoms with Gasteiger partial charge in [-0.1, -0.05) is 41.2 Å². The first-order chi connectivity index (χ1) is 11.1. The maximum atomic E-state index is 5.93. The lowest BCUT2D eigenvalue weighted by Crippen LogP contribution is -2.20. The topological polar surface area (TPSA) is 33.4 Å². The van der Waals surface area contributed by atoms with Crippen molar-refractivity contribution in [3.8, 4) is 11.4 Å². The van der Waals surface area contributed by atoms with Crippen molar-refractivity contribution in [2.24, 2.45) is 4.76 Å². The fourth-order valence-corrected chi connectivity index (χ4v) is 8.12. The van der Waals surface area contributed by atoms with Crippen molar-refractivity contribution in [2.75, 3.05) is 23.7 Å². The van der Waals surface area contributed by atoms with Gasteiger partial charge in [0.15, 0.2) is 5.54 Å². The third-order valence-electron chi connectivity index (χ3n) is 4.19. The first-order valence-electron chi connectivity index (χ1n) is 7.33. The molecule has 2 aromatic rings. The highest BCUT2D eigenvalue weighted by atomic mass is 32.9. The predicted octanol–water partition coefficient (Wildman–Crippen LogP) is 4.39. The first kappa shape index (κ1) is 15.8. The SMILES string of the molecule is CSC1=NP(=S)(SC)N2CCn3c(-c4ccc(C)cc4)nc1c32. The number of aryl methyl sites for hydroxylation is 1. The van der Waals surface area contributed by atoms with Gasteiger partial charge in [-0.25, -0.2) is 9.75 Å². The van der Waals surface area contributed by atoms with E-state index in [2.05, 4.69) is 52.9 Å². The molecule has 0 fully saturated rings. The molecule has 1 unspecified atom stereocenters. The van der Waals surface area contributed by atoms with Crippen LogP contribution in [0.2, 0.25) is 0 Å². The molecule has 4 nitrogen and oxygen atoms in total. The van der Waals surface area contributed by atoms with Crippen LogP contribution in [0.5, 0.6) is 0 Å². The van der Waals surface area contributed by atoms with Crippen LogP contribution >= 0.6 is 28.7 Å². The summed E-state index contributed by atoms with van der Waals surface area (Å²) in [5.74, 6) is 2.21. The minimum absolute atomic E-state index is 0.932. The molecule has 0 amide bonds. The molecule has 3 heterocycles. The Morgan fingerprint density at radius 3 is 2.57 bits per heavy atom. The molecule has 8 heteroatoms. The van der Waals surface area contributed by atoms with Crippen molar-refractivity contribution in [2.45, 2.75) is 13.5 Å². The van der Waals surface area contributed by atoms with Gasteiger partial charge >= 0.3 is 0 Å². The Bertz CT molecular complexity index is 856. The minimum Gasteiger partial charge on any atom is -0.308 e. The van der Waals surface area contributed by atoms with E-state index in [4.69, 9.17) is 21.6 Å². The maximum absolute atomic E-state index is 5.93. The van der Waals surface area contributed by atoms with E-state index in [-0.39, 0.29) is 0 Å². The zero-order valence-electron chi connectivity index (χ0n) is 13.2. The van der Waals surface area contributed by atoms with Crippen molar-refractivity contribution in [1.29, 1.82) is 0 Å². The van der Waals surface area contributed by atoms with E-state index in [0.717, 1.165) is 35.2 Å². The molecule has 1 atom stereocenters. The Balaban J connectivity index is 1.93. The standard InChI is InChI=1S/C15H17N4PS3/c1-10-4-6-11(7-5-10)13-16-12-14(22-2)17-20(21,23-3)19-9-8-18(13)15(12)19/h4-7H,8-9H2,1-3H3. The van der Waals surface area contributed by atoms with Gasteiger partial charge in [-0.15, -0.1) is 11.8 Å². The number of thioether (sulfide) groups is 1. The second-order valence-corrected chi connectivity index (χ2v) is 13.2. The monoisotopic (exact) mass is 380 g/mol. The van der Waals surface area contributed by atoms with Gasteiger partial charge in [0.05, 0.1) is 0 Å². The fourth-order valence-electron chi connectivity index (χ4n) is 3.02. The van der Waals surface area contributed by atoms with Crippen LogP contribution in [-0.2, 0) is 18.4 Å². The average Bonchev–Trinajstić information content (AvgIpc) is 3.15. The van der Waals surface area contributed by atoms with Crippen LogP contribution in [0.25, 0.3) is 11.4 Å². The van der Waals surface area contributed by atoms with Gasteiger partial charge in [-0.2, -0.15) is 0 Å². The highest BCUT2D eigenvalue weighted by Gasteiger charge is 2.41. The molecule has 2 aliphatic rings. The zero-order valence-corrected chi connectivity index (χ0v) is 16.5. The Morgan fingerprint density at radius 2 is 1.91 bits per heavy atom. The fraction of sp³-hybridized carbons (Fsp3) is 0.333. The number of rotatable bonds is 2. The van der Waals surface area contributed by atoms with E-state index in [9.17, 15) is 0 Å². The van der Waals surface area contributed by atoms with Crippen LogP contribution < -0.4 is 4.67 Å². The highest BCUT2D eigenvalue weighted by Crippen LogP contribution is 2.67. The van der Waals surface area contributed by atoms with Crippen molar-refractivity contribution in [3.63, 3.8) is 0 Å². The lowest BCUT2D eigenvalue weighted by molar-refractivity contribution is 0.802. The summed E-state index contributed by atoms with van der Waals surface area (Å²) < 4.78 is 9.57. The molecule has 0 saturated carbocycles. The van der Waals surface area contributed by atoms with Gasteiger partial charge in [0.2, 0.25) is 0 Å². The van der Waals surface area contributed by atoms with Gasteiger partial charge < -0.3 is 9.24 Å². The van der Waals surface area contributed by atoms with Crippen LogP contribution in [0, 0.1) is 6.92 Å². The Morgan fingerprint density at radius 1 is 1.17 bits per heavy atom. The smallest absolute Gasteiger partial charge is 0.200 e. The van der Waals surface area contributed by atoms with E-state index in [0.29, 0.717) is 0 Å². The lowest BCUT2D eigenvalue weighted by atomic mass is 10.1. The van der Waals surface area contributed by atoms with E-state index in [1.54, 1.807) is 23.1 Å². The van der Waals surface area contributed by atoms with Crippen LogP contribution in [0.1, 0.15) is 11.3 Å². The molecule has 0 N–H and O–H groups in total. The minimum atomic E-state index is -1.95. The highest BCUT2D eigenvalue weighted by molar-refractivity contribution is 8.70. The molecule has 0 saturated heterocycles. The molecule has 1 aromatic heterocycles. The molecular formula is C15H17N4PS3. The largest absolute Gasteiger partial charge is 0.308 e. The molecular weight excluding hydrogens is 363 g/mol. The molecule has 23 heavy (non-hydrogen) atoms. The van der Waals surface area contributed by atoms with E-state index in [1.807, 2.05) is 0 Å². The van der Waals surface area contributed by atoms with Gasteiger partial charge in [-0.05, 0) is 31.2 Å². The number of imidazole rings is 1. The van der Waals surface area contributed by atoms with Crippen molar-refractivity contribution in [3.05, 3.63) is 35.5 Å². The molecule has 0 aliphatic carbocycles. The first-order valence-corrected chi connectivity index (χ1v) is 13.1. The molecule has 120 valence electrons. The number of benzene rings is 1. The van der Waals surface area contributed by atoms with Crippen LogP contribution in [-0.4, -0.2) is 33.7 Å². The summed E-state index contributed by atoms with van der Waals surface area (Å²) in [6, 6.07) is 8.57. The van der Waals surface area contributed by atoms with Gasteiger partial charge in [-0.3, -0.25) is 0 Å². The summed E-state index contributed by atoms with van der Waals surface area (Å²) in [6.45, 7) is 3.97. The summed E-state index contributed by atoms with van der Waals surface area (Å²) in [4.78, 5) is 4.94. The number of aromatic nitrogens is 2. The Kier molecular flexibility index (Phi) is 3.88. The third kappa shape index (κ3) is 2.32. The molecule has 2 aliphatic heterocycles. The number of hydrogen-bond acceptors (Lipinski definition) is 4. The van der Waals surface area contributed by atoms with Gasteiger partial charge in [0.25, 0.3) is 0 Å². The molecule has 1 aromatic carbocycles. The molecule has 0 bridgehead atoms. The summed E-state index contributed by atoms with van der Waals surface area (Å²) in [7, 11) is 0. The summed E-state index contributed by atoms with van der Waals surface area (Å²) in [6.07, 6.45) is 4.13. The van der Waals surface area contributed by atoms with Crippen LogP contribution in [0.4, 0.5) is 5.82 Å². The van der Waals surface area contributed by atoms with Crippen molar-refractivity contribution < 1.29 is 0 Å². The van der Waals surface area contributed by atoms with Gasteiger partial charge in [0, 0.05) is 18.7 Å². The van der Waals surface area contributed by atoms with Crippen LogP contribution in [0.15, 0.2) is 29.0 Å². The van der Waals surface area contributed by atoms with Crippen molar-refractivity contribution >= 4 is 51.4 Å². The van der Waals surface area contributed by atoms with Crippen LogP contribution in [0.3, 0.4) is 0 Å². The van der Waals surface area contributed by atoms with Gasteiger partial charge in [0.1, 0.15) is 22.4 Å². The maximum Gasteiger partial charge on any atom is 0.200 e. The predicted molar refractivity (Wildman–Crippen MR) is 108 cm³/mol.